The molecule has 94 valence electrons. The largest absolute Gasteiger partial charge is 0.394 e. The zero-order valence-corrected chi connectivity index (χ0v) is 11.9. The summed E-state index contributed by atoms with van der Waals surface area (Å²) in [5.74, 6) is 0.788. The molecule has 1 unspecified atom stereocenters. The van der Waals surface area contributed by atoms with Crippen molar-refractivity contribution in [3.8, 4) is 0 Å². The fourth-order valence-corrected chi connectivity index (χ4v) is 3.00. The Bertz CT molecular complexity index is 389. The van der Waals surface area contributed by atoms with Gasteiger partial charge in [0, 0.05) is 17.2 Å². The summed E-state index contributed by atoms with van der Waals surface area (Å²) < 4.78 is 0.877. The van der Waals surface area contributed by atoms with Crippen LogP contribution in [0.3, 0.4) is 0 Å². The summed E-state index contributed by atoms with van der Waals surface area (Å²) in [5.41, 5.74) is 0. The number of nitrogens with zero attached hydrogens (tertiary/aromatic N) is 2. The second-order valence-electron chi connectivity index (χ2n) is 4.34. The first kappa shape index (κ1) is 13.1. The summed E-state index contributed by atoms with van der Waals surface area (Å²) >= 11 is 9.58. The van der Waals surface area contributed by atoms with Crippen molar-refractivity contribution < 1.29 is 5.11 Å². The average Bonchev–Trinajstić information content (AvgIpc) is 2.54. The van der Waals surface area contributed by atoms with Gasteiger partial charge < -0.3 is 10.0 Å². The molecule has 3 nitrogen and oxygen atoms in total. The highest BCUT2D eigenvalue weighted by Gasteiger charge is 2.23. The lowest BCUT2D eigenvalue weighted by Gasteiger charge is -2.30. The van der Waals surface area contributed by atoms with Crippen molar-refractivity contribution in [1.29, 1.82) is 0 Å². The van der Waals surface area contributed by atoms with Crippen molar-refractivity contribution in [3.63, 3.8) is 0 Å². The molecule has 0 spiro atoms. The average molecular weight is 320 g/mol. The van der Waals surface area contributed by atoms with Crippen LogP contribution in [0, 0.1) is 0 Å². The summed E-state index contributed by atoms with van der Waals surface area (Å²) in [6, 6.07) is 1.99. The van der Waals surface area contributed by atoms with Crippen LogP contribution in [-0.4, -0.2) is 29.3 Å². The third-order valence-electron chi connectivity index (χ3n) is 3.15. The molecular formula is C12H16BrClN2O. The van der Waals surface area contributed by atoms with E-state index in [0.29, 0.717) is 5.02 Å². The molecule has 2 heterocycles. The van der Waals surface area contributed by atoms with Crippen LogP contribution in [0.15, 0.2) is 16.7 Å². The van der Waals surface area contributed by atoms with Crippen molar-refractivity contribution in [2.75, 3.05) is 18.1 Å². The first-order chi connectivity index (χ1) is 8.22. The second kappa shape index (κ2) is 6.03. The molecule has 1 saturated heterocycles. The van der Waals surface area contributed by atoms with E-state index < -0.39 is 0 Å². The lowest BCUT2D eigenvalue weighted by Crippen LogP contribution is -2.38. The molecule has 1 aliphatic rings. The van der Waals surface area contributed by atoms with Crippen molar-refractivity contribution in [2.45, 2.75) is 31.7 Å². The maximum absolute atomic E-state index is 9.47. The number of anilines is 1. The number of hydrogen-bond donors (Lipinski definition) is 1. The van der Waals surface area contributed by atoms with Crippen LogP contribution in [0.1, 0.15) is 25.7 Å². The molecule has 0 amide bonds. The van der Waals surface area contributed by atoms with Crippen molar-refractivity contribution in [3.05, 3.63) is 21.8 Å². The van der Waals surface area contributed by atoms with Crippen molar-refractivity contribution in [1.82, 2.24) is 4.98 Å². The minimum atomic E-state index is 0.142. The number of rotatable bonds is 2. The molecule has 1 aliphatic heterocycles. The van der Waals surface area contributed by atoms with Gasteiger partial charge in [-0.05, 0) is 34.8 Å². The van der Waals surface area contributed by atoms with E-state index in [1.165, 1.54) is 6.42 Å². The zero-order chi connectivity index (χ0) is 12.3. The van der Waals surface area contributed by atoms with E-state index in [1.54, 1.807) is 6.20 Å². The molecule has 0 saturated carbocycles. The van der Waals surface area contributed by atoms with Gasteiger partial charge in [0.15, 0.2) is 0 Å². The van der Waals surface area contributed by atoms with Gasteiger partial charge in [-0.3, -0.25) is 0 Å². The van der Waals surface area contributed by atoms with Gasteiger partial charge in [-0.15, -0.1) is 0 Å². The molecular weight excluding hydrogens is 304 g/mol. The Labute approximate surface area is 115 Å². The summed E-state index contributed by atoms with van der Waals surface area (Å²) in [6.45, 7) is 1.08. The predicted octanol–water partition coefficient (Wildman–Crippen LogP) is 3.24. The highest BCUT2D eigenvalue weighted by atomic mass is 79.9. The molecule has 1 aromatic rings. The Balaban J connectivity index is 2.28. The molecule has 1 N–H and O–H groups in total. The van der Waals surface area contributed by atoms with Gasteiger partial charge in [-0.1, -0.05) is 24.4 Å². The van der Waals surface area contributed by atoms with Gasteiger partial charge in [-0.2, -0.15) is 0 Å². The molecule has 1 aromatic heterocycles. The zero-order valence-electron chi connectivity index (χ0n) is 9.57. The highest BCUT2D eigenvalue weighted by molar-refractivity contribution is 9.10. The molecule has 2 rings (SSSR count). The minimum Gasteiger partial charge on any atom is -0.394 e. The van der Waals surface area contributed by atoms with E-state index in [9.17, 15) is 5.11 Å². The van der Waals surface area contributed by atoms with Crippen LogP contribution in [0.5, 0.6) is 0 Å². The van der Waals surface area contributed by atoms with Crippen LogP contribution in [0.25, 0.3) is 0 Å². The van der Waals surface area contributed by atoms with Crippen LogP contribution in [0.2, 0.25) is 5.02 Å². The van der Waals surface area contributed by atoms with E-state index in [4.69, 9.17) is 11.6 Å². The molecule has 0 aromatic carbocycles. The fourth-order valence-electron chi connectivity index (χ4n) is 2.26. The second-order valence-corrected chi connectivity index (χ2v) is 5.66. The van der Waals surface area contributed by atoms with Crippen molar-refractivity contribution >= 4 is 33.3 Å². The van der Waals surface area contributed by atoms with Crippen LogP contribution >= 0.6 is 27.5 Å². The van der Waals surface area contributed by atoms with Gasteiger partial charge in [0.1, 0.15) is 5.82 Å². The van der Waals surface area contributed by atoms with Gasteiger partial charge in [0.05, 0.1) is 17.7 Å². The SMILES string of the molecule is OCC1CCCCCN1c1ncc(Br)cc1Cl. The van der Waals surface area contributed by atoms with E-state index in [-0.39, 0.29) is 12.6 Å². The molecule has 0 radical (unpaired) electrons. The number of aliphatic hydroxyl groups is 1. The number of aliphatic hydroxyl groups excluding tert-OH is 1. The van der Waals surface area contributed by atoms with Gasteiger partial charge in [0.2, 0.25) is 0 Å². The van der Waals surface area contributed by atoms with E-state index in [0.717, 1.165) is 36.1 Å². The first-order valence-electron chi connectivity index (χ1n) is 5.91. The Kier molecular flexibility index (Phi) is 4.65. The summed E-state index contributed by atoms with van der Waals surface area (Å²) in [6.07, 6.45) is 6.26. The topological polar surface area (TPSA) is 36.4 Å². The normalized spacial score (nSPS) is 21.4. The minimum absolute atomic E-state index is 0.142. The quantitative estimate of drug-likeness (QED) is 0.909. The predicted molar refractivity (Wildman–Crippen MR) is 73.6 cm³/mol. The van der Waals surface area contributed by atoms with Crippen molar-refractivity contribution in [2.24, 2.45) is 0 Å². The fraction of sp³-hybridized carbons (Fsp3) is 0.583. The molecule has 5 heteroatoms. The Morgan fingerprint density at radius 3 is 3.00 bits per heavy atom. The third kappa shape index (κ3) is 3.12. The van der Waals surface area contributed by atoms with E-state index in [2.05, 4.69) is 25.8 Å². The van der Waals surface area contributed by atoms with E-state index in [1.807, 2.05) is 6.07 Å². The van der Waals surface area contributed by atoms with Crippen LogP contribution < -0.4 is 4.90 Å². The molecule has 0 bridgehead atoms. The number of pyridine rings is 1. The lowest BCUT2D eigenvalue weighted by molar-refractivity contribution is 0.254. The van der Waals surface area contributed by atoms with E-state index >= 15 is 0 Å². The number of halogens is 2. The summed E-state index contributed by atoms with van der Waals surface area (Å²) in [4.78, 5) is 6.52. The Morgan fingerprint density at radius 2 is 2.29 bits per heavy atom. The van der Waals surface area contributed by atoms with Crippen LogP contribution in [-0.2, 0) is 0 Å². The highest BCUT2D eigenvalue weighted by Crippen LogP contribution is 2.30. The maximum Gasteiger partial charge on any atom is 0.147 e. The first-order valence-corrected chi connectivity index (χ1v) is 7.08. The summed E-state index contributed by atoms with van der Waals surface area (Å²) in [5, 5.41) is 10.1. The monoisotopic (exact) mass is 318 g/mol. The van der Waals surface area contributed by atoms with Gasteiger partial charge in [0.25, 0.3) is 0 Å². The summed E-state index contributed by atoms with van der Waals surface area (Å²) in [7, 11) is 0. The molecule has 1 atom stereocenters. The Hall–Kier alpha value is -0.320. The third-order valence-corrected chi connectivity index (χ3v) is 3.86. The number of hydrogen-bond acceptors (Lipinski definition) is 3. The molecule has 17 heavy (non-hydrogen) atoms. The standard InChI is InChI=1S/C12H16BrClN2O/c13-9-6-11(14)12(15-7-9)16-5-3-1-2-4-10(16)8-17/h6-7,10,17H,1-5,8H2. The maximum atomic E-state index is 9.47. The number of aromatic nitrogens is 1. The van der Waals surface area contributed by atoms with Gasteiger partial charge >= 0.3 is 0 Å². The lowest BCUT2D eigenvalue weighted by atomic mass is 10.1. The van der Waals surface area contributed by atoms with Gasteiger partial charge in [-0.25, -0.2) is 4.98 Å². The molecule has 0 aliphatic carbocycles. The smallest absolute Gasteiger partial charge is 0.147 e. The Morgan fingerprint density at radius 1 is 1.47 bits per heavy atom. The van der Waals surface area contributed by atoms with Crippen LogP contribution in [0.4, 0.5) is 5.82 Å². The molecule has 1 fully saturated rings.